The molecule has 1 heterocycles. The van der Waals surface area contributed by atoms with Crippen molar-refractivity contribution in [1.82, 2.24) is 9.36 Å². The van der Waals surface area contributed by atoms with Gasteiger partial charge in [0.1, 0.15) is 5.01 Å². The van der Waals surface area contributed by atoms with Gasteiger partial charge in [0.2, 0.25) is 0 Å². The molecular formula is C40H27N3S. The zero-order chi connectivity index (χ0) is 29.3. The van der Waals surface area contributed by atoms with Crippen molar-refractivity contribution >= 4 is 50.1 Å². The topological polar surface area (TPSA) is 29.0 Å². The standard InChI is InChI=1S/C40H27N3S/c1-3-12-28(13-4-1)30-16-9-21-35(25-30)43(34-19-5-2-6-20-34)36-22-10-18-33(26-36)40-41-39(42-44-40)37-23-11-17-32-24-29-14-7-8-15-31(29)27-38(32)37/h1-27H. The lowest BCUT2D eigenvalue weighted by molar-refractivity contribution is 1.28. The fourth-order valence-corrected chi connectivity index (χ4v) is 6.54. The van der Waals surface area contributed by atoms with Crippen LogP contribution in [0.15, 0.2) is 164 Å². The molecule has 0 spiro atoms. The summed E-state index contributed by atoms with van der Waals surface area (Å²) in [5.74, 6) is 0.756. The van der Waals surface area contributed by atoms with E-state index in [0.29, 0.717) is 0 Å². The van der Waals surface area contributed by atoms with Crippen molar-refractivity contribution in [2.75, 3.05) is 4.90 Å². The number of para-hydroxylation sites is 1. The molecule has 44 heavy (non-hydrogen) atoms. The van der Waals surface area contributed by atoms with Crippen LogP contribution in [-0.4, -0.2) is 9.36 Å². The molecule has 0 fully saturated rings. The van der Waals surface area contributed by atoms with E-state index >= 15 is 0 Å². The Kier molecular flexibility index (Phi) is 6.67. The summed E-state index contributed by atoms with van der Waals surface area (Å²) < 4.78 is 4.85. The molecule has 7 aromatic carbocycles. The van der Waals surface area contributed by atoms with E-state index in [-0.39, 0.29) is 0 Å². The summed E-state index contributed by atoms with van der Waals surface area (Å²) >= 11 is 1.44. The minimum atomic E-state index is 0.756. The third-order valence-electron chi connectivity index (χ3n) is 7.99. The predicted octanol–water partition coefficient (Wildman–Crippen LogP) is 11.3. The molecule has 0 radical (unpaired) electrons. The monoisotopic (exact) mass is 581 g/mol. The van der Waals surface area contributed by atoms with Gasteiger partial charge in [-0.15, -0.1) is 0 Å². The van der Waals surface area contributed by atoms with Crippen molar-refractivity contribution in [2.24, 2.45) is 0 Å². The number of rotatable bonds is 6. The van der Waals surface area contributed by atoms with Crippen LogP contribution in [0.25, 0.3) is 54.6 Å². The predicted molar refractivity (Wildman–Crippen MR) is 186 cm³/mol. The summed E-state index contributed by atoms with van der Waals surface area (Å²) in [4.78, 5) is 7.37. The van der Waals surface area contributed by atoms with Gasteiger partial charge < -0.3 is 4.90 Å². The van der Waals surface area contributed by atoms with Crippen LogP contribution >= 0.6 is 11.5 Å². The first-order chi connectivity index (χ1) is 21.8. The second kappa shape index (κ2) is 11.3. The lowest BCUT2D eigenvalue weighted by atomic mass is 9.99. The average Bonchev–Trinajstić information content (AvgIpc) is 3.59. The highest BCUT2D eigenvalue weighted by Gasteiger charge is 2.16. The quantitative estimate of drug-likeness (QED) is 0.183. The maximum absolute atomic E-state index is 5.07. The Morgan fingerprint density at radius 3 is 1.77 bits per heavy atom. The van der Waals surface area contributed by atoms with Crippen LogP contribution in [0, 0.1) is 0 Å². The number of aromatic nitrogens is 2. The maximum Gasteiger partial charge on any atom is 0.174 e. The van der Waals surface area contributed by atoms with E-state index in [0.717, 1.165) is 44.4 Å². The van der Waals surface area contributed by atoms with Crippen LogP contribution < -0.4 is 4.90 Å². The molecular weight excluding hydrogens is 555 g/mol. The van der Waals surface area contributed by atoms with Gasteiger partial charge in [0, 0.05) is 28.2 Å². The SMILES string of the molecule is c1ccc(-c2cccc(N(c3ccccc3)c3cccc(-c4nc(-c5cccc6cc7ccccc7cc56)ns4)c3)c2)cc1. The van der Waals surface area contributed by atoms with Crippen molar-refractivity contribution in [1.29, 1.82) is 0 Å². The number of hydrogen-bond acceptors (Lipinski definition) is 4. The second-order valence-corrected chi connectivity index (χ2v) is 11.5. The first-order valence-corrected chi connectivity index (χ1v) is 15.4. The average molecular weight is 582 g/mol. The Morgan fingerprint density at radius 2 is 1.00 bits per heavy atom. The van der Waals surface area contributed by atoms with Crippen LogP contribution in [0.5, 0.6) is 0 Å². The molecule has 1 aromatic heterocycles. The number of benzene rings is 7. The molecule has 8 rings (SSSR count). The van der Waals surface area contributed by atoms with Crippen LogP contribution in [0.4, 0.5) is 17.1 Å². The molecule has 0 bridgehead atoms. The Labute approximate surface area is 260 Å². The van der Waals surface area contributed by atoms with Gasteiger partial charge in [-0.3, -0.25) is 0 Å². The zero-order valence-corrected chi connectivity index (χ0v) is 24.7. The van der Waals surface area contributed by atoms with Crippen LogP contribution in [0.1, 0.15) is 0 Å². The van der Waals surface area contributed by atoms with Crippen molar-refractivity contribution in [3.05, 3.63) is 164 Å². The summed E-state index contributed by atoms with van der Waals surface area (Å²) in [6.07, 6.45) is 0. The molecule has 8 aromatic rings. The summed E-state index contributed by atoms with van der Waals surface area (Å²) in [7, 11) is 0. The first kappa shape index (κ1) is 26.1. The van der Waals surface area contributed by atoms with Crippen molar-refractivity contribution in [2.45, 2.75) is 0 Å². The maximum atomic E-state index is 5.07. The van der Waals surface area contributed by atoms with E-state index in [1.165, 1.54) is 38.8 Å². The number of anilines is 3. The van der Waals surface area contributed by atoms with Gasteiger partial charge in [-0.25, -0.2) is 4.98 Å². The Bertz CT molecular complexity index is 2240. The molecule has 3 nitrogen and oxygen atoms in total. The molecule has 0 unspecified atom stereocenters. The first-order valence-electron chi connectivity index (χ1n) is 14.7. The zero-order valence-electron chi connectivity index (χ0n) is 23.8. The van der Waals surface area contributed by atoms with Gasteiger partial charge in [0.05, 0.1) is 0 Å². The van der Waals surface area contributed by atoms with E-state index in [2.05, 4.69) is 169 Å². The third-order valence-corrected chi connectivity index (χ3v) is 8.75. The summed E-state index contributed by atoms with van der Waals surface area (Å²) in [6.45, 7) is 0. The normalized spacial score (nSPS) is 11.2. The minimum absolute atomic E-state index is 0.756. The summed E-state index contributed by atoms with van der Waals surface area (Å²) in [5, 5.41) is 5.70. The van der Waals surface area contributed by atoms with Crippen molar-refractivity contribution in [3.8, 4) is 33.1 Å². The number of nitrogens with zero attached hydrogens (tertiary/aromatic N) is 3. The highest BCUT2D eigenvalue weighted by molar-refractivity contribution is 7.09. The summed E-state index contributed by atoms with van der Waals surface area (Å²) in [5.41, 5.74) is 7.71. The fraction of sp³-hybridized carbons (Fsp3) is 0. The van der Waals surface area contributed by atoms with E-state index < -0.39 is 0 Å². The van der Waals surface area contributed by atoms with Gasteiger partial charge >= 0.3 is 0 Å². The Balaban J connectivity index is 1.20. The van der Waals surface area contributed by atoms with Crippen molar-refractivity contribution in [3.63, 3.8) is 0 Å². The second-order valence-electron chi connectivity index (χ2n) is 10.8. The van der Waals surface area contributed by atoms with E-state index in [9.17, 15) is 0 Å². The lowest BCUT2D eigenvalue weighted by Crippen LogP contribution is -2.10. The molecule has 208 valence electrons. The molecule has 0 aliphatic rings. The highest BCUT2D eigenvalue weighted by Crippen LogP contribution is 2.39. The van der Waals surface area contributed by atoms with E-state index in [1.807, 2.05) is 0 Å². The van der Waals surface area contributed by atoms with Crippen LogP contribution in [-0.2, 0) is 0 Å². The van der Waals surface area contributed by atoms with E-state index in [4.69, 9.17) is 9.36 Å². The molecule has 0 amide bonds. The summed E-state index contributed by atoms with van der Waals surface area (Å²) in [6, 6.07) is 57.7. The van der Waals surface area contributed by atoms with Crippen LogP contribution in [0.3, 0.4) is 0 Å². The minimum Gasteiger partial charge on any atom is -0.310 e. The lowest BCUT2D eigenvalue weighted by Gasteiger charge is -2.26. The van der Waals surface area contributed by atoms with E-state index in [1.54, 1.807) is 0 Å². The third kappa shape index (κ3) is 4.91. The largest absolute Gasteiger partial charge is 0.310 e. The molecule has 0 saturated heterocycles. The Hall–Kier alpha value is -5.58. The molecule has 4 heteroatoms. The molecule has 0 aliphatic heterocycles. The number of fused-ring (bicyclic) bond motifs is 2. The van der Waals surface area contributed by atoms with Gasteiger partial charge in [0.15, 0.2) is 5.82 Å². The van der Waals surface area contributed by atoms with Crippen molar-refractivity contribution < 1.29 is 0 Å². The van der Waals surface area contributed by atoms with Gasteiger partial charge in [-0.05, 0) is 92.7 Å². The molecule has 0 saturated carbocycles. The smallest absolute Gasteiger partial charge is 0.174 e. The van der Waals surface area contributed by atoms with Gasteiger partial charge in [-0.1, -0.05) is 115 Å². The molecule has 0 aliphatic carbocycles. The van der Waals surface area contributed by atoms with Gasteiger partial charge in [-0.2, -0.15) is 4.37 Å². The van der Waals surface area contributed by atoms with Gasteiger partial charge in [0.25, 0.3) is 0 Å². The molecule has 0 N–H and O–H groups in total. The molecule has 0 atom stereocenters. The highest BCUT2D eigenvalue weighted by atomic mass is 32.1. The fourth-order valence-electron chi connectivity index (χ4n) is 5.87. The number of hydrogen-bond donors (Lipinski definition) is 0. The Morgan fingerprint density at radius 1 is 0.432 bits per heavy atom. The van der Waals surface area contributed by atoms with Crippen LogP contribution in [0.2, 0.25) is 0 Å².